The van der Waals surface area contributed by atoms with Gasteiger partial charge in [0.25, 0.3) is 0 Å². The van der Waals surface area contributed by atoms with E-state index < -0.39 is 17.6 Å². The molecule has 0 spiro atoms. The summed E-state index contributed by atoms with van der Waals surface area (Å²) in [6, 6.07) is 2.82. The quantitative estimate of drug-likeness (QED) is 0.327. The number of nitrogens with zero attached hydrogens (tertiary/aromatic N) is 2. The van der Waals surface area contributed by atoms with Crippen molar-refractivity contribution in [3.8, 4) is 11.4 Å². The van der Waals surface area contributed by atoms with Gasteiger partial charge in [0.2, 0.25) is 0 Å². The molecule has 1 aromatic carbocycles. The van der Waals surface area contributed by atoms with E-state index in [0.29, 0.717) is 0 Å². The van der Waals surface area contributed by atoms with Crippen molar-refractivity contribution in [3.63, 3.8) is 0 Å². The minimum atomic E-state index is -4.74. The van der Waals surface area contributed by atoms with E-state index in [9.17, 15) is 17.6 Å². The van der Waals surface area contributed by atoms with Gasteiger partial charge in [-0.2, -0.15) is 13.2 Å². The minimum absolute atomic E-state index is 0.155. The van der Waals surface area contributed by atoms with E-state index in [1.165, 1.54) is 44.6 Å². The van der Waals surface area contributed by atoms with Crippen LogP contribution in [0.1, 0.15) is 69.4 Å². The first-order chi connectivity index (χ1) is 12.9. The summed E-state index contributed by atoms with van der Waals surface area (Å²) >= 11 is 0. The standard InChI is InChI=1S/C21H26F4N2/c1-2-3-4-5-6-7-8-9-10-16-14-26-20(27-15-16)17-11-12-19(22)18(13-17)21(23,24)25/h11-15H,2-10H2,1H3. The van der Waals surface area contributed by atoms with Crippen LogP contribution in [0.4, 0.5) is 17.6 Å². The predicted octanol–water partition coefficient (Wildman–Crippen LogP) is 6.98. The molecule has 0 unspecified atom stereocenters. The molecule has 0 aliphatic rings. The number of aromatic nitrogens is 2. The van der Waals surface area contributed by atoms with Crippen LogP contribution in [0.5, 0.6) is 0 Å². The van der Waals surface area contributed by atoms with Gasteiger partial charge in [0.05, 0.1) is 5.56 Å². The molecule has 2 aromatic rings. The number of aryl methyl sites for hydroxylation is 1. The molecule has 0 amide bonds. The minimum Gasteiger partial charge on any atom is -0.236 e. The second-order valence-electron chi connectivity index (χ2n) is 6.83. The Bertz CT molecular complexity index is 696. The summed E-state index contributed by atoms with van der Waals surface area (Å²) in [5.41, 5.74) is -0.183. The van der Waals surface area contributed by atoms with Gasteiger partial charge in [0.15, 0.2) is 5.82 Å². The lowest BCUT2D eigenvalue weighted by molar-refractivity contribution is -0.139. The van der Waals surface area contributed by atoms with E-state index in [1.807, 2.05) is 0 Å². The summed E-state index contributed by atoms with van der Waals surface area (Å²) in [6.45, 7) is 2.21. The maximum Gasteiger partial charge on any atom is 0.419 e. The van der Waals surface area contributed by atoms with Crippen molar-refractivity contribution in [3.05, 3.63) is 47.5 Å². The van der Waals surface area contributed by atoms with Crippen LogP contribution in [0.15, 0.2) is 30.6 Å². The van der Waals surface area contributed by atoms with E-state index in [4.69, 9.17) is 0 Å². The molecule has 0 aliphatic carbocycles. The Kier molecular flexibility index (Phi) is 8.20. The lowest BCUT2D eigenvalue weighted by atomic mass is 10.1. The Morgan fingerprint density at radius 2 is 1.44 bits per heavy atom. The molecule has 0 bridgehead atoms. The third-order valence-corrected chi connectivity index (χ3v) is 4.55. The second kappa shape index (κ2) is 10.4. The SMILES string of the molecule is CCCCCCCCCCc1cnc(-c2ccc(F)c(C(F)(F)F)c2)nc1. The van der Waals surface area contributed by atoms with Gasteiger partial charge in [-0.05, 0) is 36.6 Å². The Morgan fingerprint density at radius 3 is 2.04 bits per heavy atom. The zero-order valence-corrected chi connectivity index (χ0v) is 15.7. The Labute approximate surface area is 158 Å². The van der Waals surface area contributed by atoms with E-state index in [1.54, 1.807) is 12.4 Å². The van der Waals surface area contributed by atoms with Crippen molar-refractivity contribution in [2.45, 2.75) is 70.9 Å². The summed E-state index contributed by atoms with van der Waals surface area (Å²) in [5, 5.41) is 0. The first kappa shape index (κ1) is 21.3. The molecule has 0 N–H and O–H groups in total. The number of hydrogen-bond donors (Lipinski definition) is 0. The van der Waals surface area contributed by atoms with Crippen LogP contribution in [-0.2, 0) is 12.6 Å². The van der Waals surface area contributed by atoms with E-state index in [2.05, 4.69) is 16.9 Å². The average Bonchev–Trinajstić information content (AvgIpc) is 2.64. The zero-order valence-electron chi connectivity index (χ0n) is 15.7. The van der Waals surface area contributed by atoms with Gasteiger partial charge < -0.3 is 0 Å². The van der Waals surface area contributed by atoms with Crippen LogP contribution >= 0.6 is 0 Å². The van der Waals surface area contributed by atoms with Crippen LogP contribution in [-0.4, -0.2) is 9.97 Å². The highest BCUT2D eigenvalue weighted by Gasteiger charge is 2.34. The van der Waals surface area contributed by atoms with Crippen LogP contribution < -0.4 is 0 Å². The van der Waals surface area contributed by atoms with Crippen molar-refractivity contribution in [1.29, 1.82) is 0 Å². The van der Waals surface area contributed by atoms with Gasteiger partial charge in [0.1, 0.15) is 5.82 Å². The average molecular weight is 382 g/mol. The smallest absolute Gasteiger partial charge is 0.236 e. The largest absolute Gasteiger partial charge is 0.419 e. The fourth-order valence-corrected chi connectivity index (χ4v) is 2.98. The summed E-state index contributed by atoms with van der Waals surface area (Å²) < 4.78 is 51.8. The van der Waals surface area contributed by atoms with Crippen LogP contribution in [0, 0.1) is 5.82 Å². The van der Waals surface area contributed by atoms with Gasteiger partial charge in [-0.1, -0.05) is 51.9 Å². The molecular formula is C21H26F4N2. The molecule has 0 saturated carbocycles. The number of hydrogen-bond acceptors (Lipinski definition) is 2. The van der Waals surface area contributed by atoms with E-state index in [-0.39, 0.29) is 11.4 Å². The maximum absolute atomic E-state index is 13.4. The number of alkyl halides is 3. The molecule has 148 valence electrons. The Balaban J connectivity index is 1.85. The summed E-state index contributed by atoms with van der Waals surface area (Å²) in [5.74, 6) is -1.13. The van der Waals surface area contributed by atoms with Crippen LogP contribution in [0.3, 0.4) is 0 Å². The van der Waals surface area contributed by atoms with Gasteiger partial charge in [0, 0.05) is 18.0 Å². The summed E-state index contributed by atoms with van der Waals surface area (Å²) in [7, 11) is 0. The highest BCUT2D eigenvalue weighted by atomic mass is 19.4. The third-order valence-electron chi connectivity index (χ3n) is 4.55. The number of benzene rings is 1. The first-order valence-corrected chi connectivity index (χ1v) is 9.60. The molecular weight excluding hydrogens is 356 g/mol. The number of unbranched alkanes of at least 4 members (excludes halogenated alkanes) is 7. The fraction of sp³-hybridized carbons (Fsp3) is 0.524. The Morgan fingerprint density at radius 1 is 0.852 bits per heavy atom. The molecule has 6 heteroatoms. The molecule has 0 aliphatic heterocycles. The molecule has 27 heavy (non-hydrogen) atoms. The highest BCUT2D eigenvalue weighted by molar-refractivity contribution is 5.56. The molecule has 1 aromatic heterocycles. The first-order valence-electron chi connectivity index (χ1n) is 9.60. The second-order valence-corrected chi connectivity index (χ2v) is 6.83. The van der Waals surface area contributed by atoms with Crippen molar-refractivity contribution in [2.75, 3.05) is 0 Å². The molecule has 0 atom stereocenters. The van der Waals surface area contributed by atoms with Crippen molar-refractivity contribution >= 4 is 0 Å². The Hall–Kier alpha value is -1.98. The summed E-state index contributed by atoms with van der Waals surface area (Å²) in [6.07, 6.45) is 9.25. The lowest BCUT2D eigenvalue weighted by Crippen LogP contribution is -2.08. The van der Waals surface area contributed by atoms with Gasteiger partial charge in [-0.15, -0.1) is 0 Å². The molecule has 1 heterocycles. The van der Waals surface area contributed by atoms with Crippen LogP contribution in [0.25, 0.3) is 11.4 Å². The van der Waals surface area contributed by atoms with E-state index in [0.717, 1.165) is 37.0 Å². The predicted molar refractivity (Wildman–Crippen MR) is 98.7 cm³/mol. The molecule has 0 radical (unpaired) electrons. The van der Waals surface area contributed by atoms with Crippen molar-refractivity contribution in [2.24, 2.45) is 0 Å². The van der Waals surface area contributed by atoms with Crippen molar-refractivity contribution in [1.82, 2.24) is 9.97 Å². The van der Waals surface area contributed by atoms with Crippen LogP contribution in [0.2, 0.25) is 0 Å². The number of halogens is 4. The van der Waals surface area contributed by atoms with Crippen molar-refractivity contribution < 1.29 is 17.6 Å². The topological polar surface area (TPSA) is 25.8 Å². The molecule has 2 rings (SSSR count). The highest BCUT2D eigenvalue weighted by Crippen LogP contribution is 2.33. The lowest BCUT2D eigenvalue weighted by Gasteiger charge is -2.09. The number of rotatable bonds is 10. The molecule has 0 saturated heterocycles. The fourth-order valence-electron chi connectivity index (χ4n) is 2.98. The molecule has 2 nitrogen and oxygen atoms in total. The van der Waals surface area contributed by atoms with Gasteiger partial charge in [-0.25, -0.2) is 14.4 Å². The third kappa shape index (κ3) is 6.92. The molecule has 0 fully saturated rings. The monoisotopic (exact) mass is 382 g/mol. The van der Waals surface area contributed by atoms with Gasteiger partial charge in [-0.3, -0.25) is 0 Å². The van der Waals surface area contributed by atoms with E-state index >= 15 is 0 Å². The van der Waals surface area contributed by atoms with Gasteiger partial charge >= 0.3 is 6.18 Å². The maximum atomic E-state index is 13.4. The zero-order chi connectivity index (χ0) is 19.7. The summed E-state index contributed by atoms with van der Waals surface area (Å²) in [4.78, 5) is 8.30. The normalized spacial score (nSPS) is 11.7.